The molecule has 2 heterocycles. The monoisotopic (exact) mass is 351 g/mol. The molecule has 3 rings (SSSR count). The molecule has 2 aromatic heterocycles. The Bertz CT molecular complexity index is 872. The van der Waals surface area contributed by atoms with E-state index in [0.717, 1.165) is 31.9 Å². The van der Waals surface area contributed by atoms with Gasteiger partial charge < -0.3 is 20.2 Å². The third kappa shape index (κ3) is 4.28. The van der Waals surface area contributed by atoms with Gasteiger partial charge in [-0.15, -0.1) is 0 Å². The van der Waals surface area contributed by atoms with Crippen LogP contribution in [0.5, 0.6) is 0 Å². The minimum absolute atomic E-state index is 0.684. The van der Waals surface area contributed by atoms with E-state index >= 15 is 0 Å². The summed E-state index contributed by atoms with van der Waals surface area (Å²) in [6.07, 6.45) is 8.30. The lowest BCUT2D eigenvalue weighted by atomic mass is 10.1. The van der Waals surface area contributed by atoms with Crippen LogP contribution in [0.25, 0.3) is 10.9 Å². The molecule has 0 fully saturated rings. The van der Waals surface area contributed by atoms with Gasteiger partial charge in [-0.1, -0.05) is 25.1 Å². The van der Waals surface area contributed by atoms with E-state index < -0.39 is 0 Å². The first-order valence-corrected chi connectivity index (χ1v) is 9.42. The first-order valence-electron chi connectivity index (χ1n) is 9.42. The maximum atomic E-state index is 4.68. The third-order valence-electron chi connectivity index (χ3n) is 4.61. The summed E-state index contributed by atoms with van der Waals surface area (Å²) in [5.41, 5.74) is 5.21. The minimum Gasteiger partial charge on any atom is -0.361 e. The van der Waals surface area contributed by atoms with Crippen molar-refractivity contribution in [3.05, 3.63) is 59.5 Å². The summed E-state index contributed by atoms with van der Waals surface area (Å²) in [4.78, 5) is 8.12. The quantitative estimate of drug-likeness (QED) is 0.451. The summed E-state index contributed by atoms with van der Waals surface area (Å²) in [5.74, 6) is 0.866. The number of rotatable bonds is 7. The van der Waals surface area contributed by atoms with Crippen LogP contribution in [-0.2, 0) is 26.4 Å². The summed E-state index contributed by atoms with van der Waals surface area (Å²) in [6.45, 7) is 6.68. The maximum absolute atomic E-state index is 4.68. The molecule has 0 amide bonds. The fraction of sp³-hybridized carbons (Fsp3) is 0.381. The number of nitrogens with one attached hydrogen (secondary N) is 3. The molecule has 0 bridgehead atoms. The van der Waals surface area contributed by atoms with E-state index in [1.54, 1.807) is 0 Å². The Labute approximate surface area is 155 Å². The molecule has 26 heavy (non-hydrogen) atoms. The van der Waals surface area contributed by atoms with Gasteiger partial charge in [-0.2, -0.15) is 0 Å². The summed E-state index contributed by atoms with van der Waals surface area (Å²) in [6, 6.07) is 8.65. The molecular weight excluding hydrogens is 322 g/mol. The summed E-state index contributed by atoms with van der Waals surface area (Å²) < 4.78 is 2.05. The fourth-order valence-electron chi connectivity index (χ4n) is 3.26. The number of aryl methyl sites for hydroxylation is 2. The second-order valence-corrected chi connectivity index (χ2v) is 6.56. The standard InChI is InChI=1S/C21H29N5/c1-4-17-7-6-8-19-18(14-24-20(17)19)9-11-23-21(22-5-2)25-13-16-10-12-26(3)15-16/h6-8,10,12,14-15,24H,4-5,9,11,13H2,1-3H3,(H2,22,23,25). The average molecular weight is 351 g/mol. The highest BCUT2D eigenvalue weighted by molar-refractivity contribution is 5.86. The predicted octanol–water partition coefficient (Wildman–Crippen LogP) is 3.37. The first-order chi connectivity index (χ1) is 12.7. The molecule has 0 saturated heterocycles. The van der Waals surface area contributed by atoms with Crippen molar-refractivity contribution in [2.45, 2.75) is 33.2 Å². The first kappa shape index (κ1) is 18.1. The Kier molecular flexibility index (Phi) is 6.00. The van der Waals surface area contributed by atoms with Gasteiger partial charge in [0.05, 0.1) is 6.54 Å². The molecule has 3 N–H and O–H groups in total. The number of hydrogen-bond acceptors (Lipinski definition) is 1. The number of benzene rings is 1. The molecule has 0 atom stereocenters. The van der Waals surface area contributed by atoms with Gasteiger partial charge in [0, 0.05) is 49.6 Å². The van der Waals surface area contributed by atoms with Gasteiger partial charge in [0.1, 0.15) is 0 Å². The predicted molar refractivity (Wildman–Crippen MR) is 110 cm³/mol. The molecule has 138 valence electrons. The molecule has 0 aliphatic carbocycles. The van der Waals surface area contributed by atoms with Crippen LogP contribution in [0.4, 0.5) is 0 Å². The highest BCUT2D eigenvalue weighted by atomic mass is 15.2. The van der Waals surface area contributed by atoms with Crippen LogP contribution in [0.2, 0.25) is 0 Å². The van der Waals surface area contributed by atoms with Gasteiger partial charge in [-0.3, -0.25) is 0 Å². The van der Waals surface area contributed by atoms with Crippen molar-refractivity contribution in [2.24, 2.45) is 12.0 Å². The normalized spacial score (nSPS) is 11.9. The summed E-state index contributed by atoms with van der Waals surface area (Å²) in [5, 5.41) is 8.10. The van der Waals surface area contributed by atoms with E-state index in [2.05, 4.69) is 71.1 Å². The molecule has 5 nitrogen and oxygen atoms in total. The minimum atomic E-state index is 0.684. The van der Waals surface area contributed by atoms with Crippen LogP contribution >= 0.6 is 0 Å². The van der Waals surface area contributed by atoms with Gasteiger partial charge >= 0.3 is 0 Å². The Morgan fingerprint density at radius 2 is 2.04 bits per heavy atom. The lowest BCUT2D eigenvalue weighted by Crippen LogP contribution is -2.38. The lowest BCUT2D eigenvalue weighted by Gasteiger charge is -2.11. The van der Waals surface area contributed by atoms with E-state index in [0.29, 0.717) is 6.54 Å². The number of H-pyrrole nitrogens is 1. The molecule has 5 heteroatoms. The fourth-order valence-corrected chi connectivity index (χ4v) is 3.26. The highest BCUT2D eigenvalue weighted by Crippen LogP contribution is 2.22. The van der Waals surface area contributed by atoms with Gasteiger partial charge in [0.25, 0.3) is 0 Å². The summed E-state index contributed by atoms with van der Waals surface area (Å²) in [7, 11) is 2.03. The Morgan fingerprint density at radius 3 is 2.77 bits per heavy atom. The molecule has 1 aromatic carbocycles. The van der Waals surface area contributed by atoms with E-state index in [1.165, 1.54) is 27.6 Å². The number of aliphatic imine (C=N–C) groups is 1. The maximum Gasteiger partial charge on any atom is 0.191 e. The van der Waals surface area contributed by atoms with Crippen LogP contribution in [0, 0.1) is 0 Å². The van der Waals surface area contributed by atoms with Crippen molar-refractivity contribution in [3.63, 3.8) is 0 Å². The zero-order valence-corrected chi connectivity index (χ0v) is 16.0. The number of aromatic nitrogens is 2. The van der Waals surface area contributed by atoms with E-state index in [9.17, 15) is 0 Å². The molecule has 0 radical (unpaired) electrons. The Balaban J connectivity index is 1.61. The molecular formula is C21H29N5. The van der Waals surface area contributed by atoms with Crippen molar-refractivity contribution >= 4 is 16.9 Å². The Hall–Kier alpha value is -2.69. The number of fused-ring (bicyclic) bond motifs is 1. The van der Waals surface area contributed by atoms with Gasteiger partial charge in [0.15, 0.2) is 5.96 Å². The Morgan fingerprint density at radius 1 is 1.15 bits per heavy atom. The SMILES string of the molecule is CCNC(=NCc1ccn(C)c1)NCCc1c[nH]c2c(CC)cccc12. The number of hydrogen-bond donors (Lipinski definition) is 3. The number of nitrogens with zero attached hydrogens (tertiary/aromatic N) is 2. The molecule has 3 aromatic rings. The van der Waals surface area contributed by atoms with Crippen molar-refractivity contribution in [1.82, 2.24) is 20.2 Å². The highest BCUT2D eigenvalue weighted by Gasteiger charge is 2.07. The molecule has 0 unspecified atom stereocenters. The number of para-hydroxylation sites is 1. The molecule has 0 aliphatic heterocycles. The van der Waals surface area contributed by atoms with E-state index in [-0.39, 0.29) is 0 Å². The van der Waals surface area contributed by atoms with Crippen LogP contribution in [0.15, 0.2) is 47.8 Å². The largest absolute Gasteiger partial charge is 0.361 e. The second-order valence-electron chi connectivity index (χ2n) is 6.56. The van der Waals surface area contributed by atoms with Crippen LogP contribution in [0.3, 0.4) is 0 Å². The number of guanidine groups is 1. The number of aromatic amines is 1. The van der Waals surface area contributed by atoms with Crippen LogP contribution in [-0.4, -0.2) is 28.6 Å². The molecule has 0 aliphatic rings. The molecule has 0 saturated carbocycles. The van der Waals surface area contributed by atoms with Gasteiger partial charge in [-0.05, 0) is 42.5 Å². The zero-order chi connectivity index (χ0) is 18.4. The topological polar surface area (TPSA) is 57.1 Å². The van der Waals surface area contributed by atoms with Crippen LogP contribution in [0.1, 0.15) is 30.5 Å². The second kappa shape index (κ2) is 8.61. The van der Waals surface area contributed by atoms with E-state index in [4.69, 9.17) is 0 Å². The smallest absolute Gasteiger partial charge is 0.191 e. The van der Waals surface area contributed by atoms with Crippen LogP contribution < -0.4 is 10.6 Å². The van der Waals surface area contributed by atoms with Crippen molar-refractivity contribution in [3.8, 4) is 0 Å². The van der Waals surface area contributed by atoms with Crippen molar-refractivity contribution in [1.29, 1.82) is 0 Å². The molecule has 0 spiro atoms. The summed E-state index contributed by atoms with van der Waals surface area (Å²) >= 11 is 0. The van der Waals surface area contributed by atoms with Gasteiger partial charge in [-0.25, -0.2) is 4.99 Å². The average Bonchev–Trinajstić information content (AvgIpc) is 3.25. The zero-order valence-electron chi connectivity index (χ0n) is 16.0. The van der Waals surface area contributed by atoms with E-state index in [1.807, 2.05) is 17.8 Å². The lowest BCUT2D eigenvalue weighted by molar-refractivity contribution is 0.801. The third-order valence-corrected chi connectivity index (χ3v) is 4.61. The van der Waals surface area contributed by atoms with Crippen molar-refractivity contribution in [2.75, 3.05) is 13.1 Å². The van der Waals surface area contributed by atoms with Gasteiger partial charge in [0.2, 0.25) is 0 Å². The van der Waals surface area contributed by atoms with Crippen molar-refractivity contribution < 1.29 is 0 Å².